The van der Waals surface area contributed by atoms with Gasteiger partial charge in [0.15, 0.2) is 6.29 Å². The molecule has 1 heterocycles. The molecule has 1 saturated heterocycles. The molecule has 41 heavy (non-hydrogen) atoms. The largest absolute Gasteiger partial charge is 0.392 e. The summed E-state index contributed by atoms with van der Waals surface area (Å²) in [5.41, 5.74) is 5.43. The molecule has 0 spiro atoms. The number of amides is 2. The summed E-state index contributed by atoms with van der Waals surface area (Å²) in [5.74, 6) is 0.359. The third-order valence-corrected chi connectivity index (χ3v) is 8.11. The second-order valence-corrected chi connectivity index (χ2v) is 11.2. The Labute approximate surface area is 245 Å². The van der Waals surface area contributed by atoms with Crippen LogP contribution in [0.25, 0.3) is 0 Å². The number of nitrogens with one attached hydrogen (secondary N) is 2. The van der Waals surface area contributed by atoms with Crippen molar-refractivity contribution in [1.82, 2.24) is 10.8 Å². The monoisotopic (exact) mass is 578 g/mol. The van der Waals surface area contributed by atoms with Gasteiger partial charge in [-0.2, -0.15) is 0 Å². The van der Waals surface area contributed by atoms with Crippen molar-refractivity contribution in [2.45, 2.75) is 75.1 Å². The van der Waals surface area contributed by atoms with E-state index >= 15 is 0 Å². The summed E-state index contributed by atoms with van der Waals surface area (Å²) in [4.78, 5) is 24.4. The van der Waals surface area contributed by atoms with Gasteiger partial charge in [0.25, 0.3) is 0 Å². The van der Waals surface area contributed by atoms with Crippen molar-refractivity contribution in [2.75, 3.05) is 5.75 Å². The van der Waals surface area contributed by atoms with Gasteiger partial charge in [0.05, 0.1) is 18.8 Å². The van der Waals surface area contributed by atoms with E-state index in [0.29, 0.717) is 25.8 Å². The van der Waals surface area contributed by atoms with Gasteiger partial charge >= 0.3 is 0 Å². The predicted octanol–water partition coefficient (Wildman–Crippen LogP) is 5.59. The van der Waals surface area contributed by atoms with E-state index in [-0.39, 0.29) is 31.1 Å². The van der Waals surface area contributed by atoms with E-state index < -0.39 is 12.2 Å². The Morgan fingerprint density at radius 3 is 2.15 bits per heavy atom. The lowest BCUT2D eigenvalue weighted by Gasteiger charge is -2.36. The lowest BCUT2D eigenvalue weighted by atomic mass is 10.0. The topological polar surface area (TPSA) is 117 Å². The molecule has 2 amide bonds. The highest BCUT2D eigenvalue weighted by molar-refractivity contribution is 7.99. The average Bonchev–Trinajstić information content (AvgIpc) is 3.03. The Morgan fingerprint density at radius 1 is 0.805 bits per heavy atom. The fourth-order valence-electron chi connectivity index (χ4n) is 4.61. The number of rotatable bonds is 14. The normalized spacial score (nSPS) is 18.5. The van der Waals surface area contributed by atoms with Crippen molar-refractivity contribution in [2.24, 2.45) is 0 Å². The van der Waals surface area contributed by atoms with Gasteiger partial charge in [-0.05, 0) is 41.7 Å². The first kappa shape index (κ1) is 30.7. The Morgan fingerprint density at radius 2 is 1.46 bits per heavy atom. The van der Waals surface area contributed by atoms with Crippen molar-refractivity contribution in [3.63, 3.8) is 0 Å². The first-order chi connectivity index (χ1) is 20.0. The van der Waals surface area contributed by atoms with Crippen molar-refractivity contribution in [3.8, 4) is 0 Å². The van der Waals surface area contributed by atoms with Gasteiger partial charge < -0.3 is 19.9 Å². The smallest absolute Gasteiger partial charge is 0.243 e. The van der Waals surface area contributed by atoms with Crippen LogP contribution in [0, 0.1) is 0 Å². The number of hydroxylamine groups is 1. The van der Waals surface area contributed by atoms with Crippen LogP contribution < -0.4 is 10.8 Å². The Balaban J connectivity index is 1.32. The lowest BCUT2D eigenvalue weighted by Crippen LogP contribution is -2.31. The minimum Gasteiger partial charge on any atom is -0.392 e. The van der Waals surface area contributed by atoms with Crippen LogP contribution in [0.5, 0.6) is 0 Å². The summed E-state index contributed by atoms with van der Waals surface area (Å²) in [6.45, 7) is 0.431. The fraction of sp³-hybridized carbons (Fsp3) is 0.375. The van der Waals surface area contributed by atoms with E-state index in [4.69, 9.17) is 14.7 Å². The molecule has 0 aliphatic carbocycles. The van der Waals surface area contributed by atoms with Gasteiger partial charge in [0, 0.05) is 42.0 Å². The molecule has 0 aromatic heterocycles. The van der Waals surface area contributed by atoms with E-state index in [9.17, 15) is 14.7 Å². The Hall–Kier alpha value is -3.21. The highest BCUT2D eigenvalue weighted by Crippen LogP contribution is 2.39. The molecule has 4 rings (SSSR count). The maximum absolute atomic E-state index is 12.2. The summed E-state index contributed by atoms with van der Waals surface area (Å²) in [6, 6.07) is 26.1. The second-order valence-electron chi connectivity index (χ2n) is 10.1. The summed E-state index contributed by atoms with van der Waals surface area (Å²) >= 11 is 1.77. The van der Waals surface area contributed by atoms with Gasteiger partial charge in [-0.3, -0.25) is 14.8 Å². The van der Waals surface area contributed by atoms with Crippen LogP contribution >= 0.6 is 11.8 Å². The molecular weight excluding hydrogens is 540 g/mol. The number of unbranched alkanes of at least 4 members (excludes halogenated alkanes) is 2. The van der Waals surface area contributed by atoms with E-state index in [0.717, 1.165) is 40.8 Å². The molecular formula is C32H38N2O6S. The summed E-state index contributed by atoms with van der Waals surface area (Å²) in [5, 5.41) is 20.9. The molecule has 218 valence electrons. The van der Waals surface area contributed by atoms with Crippen LogP contribution in [0.3, 0.4) is 0 Å². The van der Waals surface area contributed by atoms with Gasteiger partial charge in [0.1, 0.15) is 0 Å². The zero-order valence-electron chi connectivity index (χ0n) is 23.0. The molecule has 0 radical (unpaired) electrons. The average molecular weight is 579 g/mol. The Bertz CT molecular complexity index is 1220. The van der Waals surface area contributed by atoms with Crippen molar-refractivity contribution in [1.29, 1.82) is 0 Å². The first-order valence-electron chi connectivity index (χ1n) is 14.0. The maximum atomic E-state index is 12.2. The SMILES string of the molecule is O=C(CCCCCC(=O)NCc1ccc([C@H]2O[C@@H](CSc3ccccc3)C[C@@H](c3ccc(CO)cc3)O2)cc1)NO. The number of hydrogen-bond donors (Lipinski definition) is 4. The van der Waals surface area contributed by atoms with Crippen LogP contribution in [0.4, 0.5) is 0 Å². The lowest BCUT2D eigenvalue weighted by molar-refractivity contribution is -0.245. The fourth-order valence-corrected chi connectivity index (χ4v) is 5.56. The van der Waals surface area contributed by atoms with Gasteiger partial charge in [0.2, 0.25) is 11.8 Å². The van der Waals surface area contributed by atoms with Crippen molar-refractivity contribution in [3.05, 3.63) is 101 Å². The molecule has 0 unspecified atom stereocenters. The third-order valence-electron chi connectivity index (χ3n) is 6.97. The number of aliphatic hydroxyl groups excluding tert-OH is 1. The summed E-state index contributed by atoms with van der Waals surface area (Å²) < 4.78 is 12.9. The van der Waals surface area contributed by atoms with E-state index in [1.165, 1.54) is 4.90 Å². The number of thioether (sulfide) groups is 1. The number of ether oxygens (including phenoxy) is 2. The van der Waals surface area contributed by atoms with Gasteiger partial charge in [-0.15, -0.1) is 11.8 Å². The molecule has 3 aromatic rings. The predicted molar refractivity (Wildman–Crippen MR) is 157 cm³/mol. The zero-order valence-corrected chi connectivity index (χ0v) is 23.9. The molecule has 1 aliphatic heterocycles. The maximum Gasteiger partial charge on any atom is 0.243 e. The molecule has 1 aliphatic rings. The number of aliphatic hydroxyl groups is 1. The highest BCUT2D eigenvalue weighted by Gasteiger charge is 2.32. The molecule has 1 fully saturated rings. The van der Waals surface area contributed by atoms with Gasteiger partial charge in [-0.25, -0.2) is 5.48 Å². The number of carbonyl (C=O) groups is 2. The van der Waals surface area contributed by atoms with Gasteiger partial charge in [-0.1, -0.05) is 73.2 Å². The summed E-state index contributed by atoms with van der Waals surface area (Å²) in [6.07, 6.45) is 2.76. The van der Waals surface area contributed by atoms with E-state index in [2.05, 4.69) is 17.4 Å². The molecule has 3 aromatic carbocycles. The quantitative estimate of drug-likeness (QED) is 0.0853. The highest BCUT2D eigenvalue weighted by atomic mass is 32.2. The molecule has 0 saturated carbocycles. The van der Waals surface area contributed by atoms with Crippen LogP contribution in [-0.2, 0) is 32.2 Å². The molecule has 3 atom stereocenters. The molecule has 4 N–H and O–H groups in total. The molecule has 0 bridgehead atoms. The standard InChI is InChI=1S/C32H38N2O6S/c35-21-24-13-15-25(16-14-24)29-19-27(22-41-28-7-3-1-4-8-28)39-32(40-29)26-17-11-23(12-18-26)20-33-30(36)9-5-2-6-10-31(37)34-38/h1,3-4,7-8,11-18,27,29,32,35,38H,2,5-6,9-10,19-22H2,(H,33,36)(H,34,37)/t27-,29+,32+/m1/s1. The number of carbonyl (C=O) groups excluding carboxylic acids is 2. The second kappa shape index (κ2) is 16.3. The first-order valence-corrected chi connectivity index (χ1v) is 15.0. The van der Waals surface area contributed by atoms with Crippen LogP contribution in [0.1, 0.15) is 73.2 Å². The van der Waals surface area contributed by atoms with Crippen LogP contribution in [0.15, 0.2) is 83.8 Å². The zero-order chi connectivity index (χ0) is 28.9. The summed E-state index contributed by atoms with van der Waals surface area (Å²) in [7, 11) is 0. The third kappa shape index (κ3) is 9.98. The van der Waals surface area contributed by atoms with Crippen LogP contribution in [0.2, 0.25) is 0 Å². The number of hydrogen-bond acceptors (Lipinski definition) is 7. The minimum absolute atomic E-state index is 0.00614. The molecule has 8 nitrogen and oxygen atoms in total. The molecule has 9 heteroatoms. The Kier molecular flexibility index (Phi) is 12.2. The number of benzene rings is 3. The van der Waals surface area contributed by atoms with Crippen molar-refractivity contribution >= 4 is 23.6 Å². The van der Waals surface area contributed by atoms with E-state index in [1.54, 1.807) is 17.2 Å². The van der Waals surface area contributed by atoms with E-state index in [1.807, 2.05) is 66.7 Å². The van der Waals surface area contributed by atoms with Crippen LogP contribution in [-0.4, -0.2) is 34.0 Å². The minimum atomic E-state index is -0.524. The van der Waals surface area contributed by atoms with Crippen molar-refractivity contribution < 1.29 is 29.4 Å².